The van der Waals surface area contributed by atoms with Crippen LogP contribution in [0.15, 0.2) is 40.5 Å². The molecule has 5 nitrogen and oxygen atoms in total. The Hall–Kier alpha value is -1.66. The molecule has 0 saturated carbocycles. The van der Waals surface area contributed by atoms with E-state index in [0.29, 0.717) is 5.17 Å². The molecule has 1 atom stereocenters. The Morgan fingerprint density at radius 2 is 2.10 bits per heavy atom. The van der Waals surface area contributed by atoms with Gasteiger partial charge < -0.3 is 5.32 Å². The molecule has 1 aliphatic rings. The van der Waals surface area contributed by atoms with Crippen molar-refractivity contribution in [2.24, 2.45) is 10.2 Å². The van der Waals surface area contributed by atoms with E-state index in [4.69, 9.17) is 11.6 Å². The Kier molecular flexibility index (Phi) is 4.92. The number of thioether (sulfide) groups is 1. The first-order valence-corrected chi connectivity index (χ1v) is 7.15. The minimum atomic E-state index is -0.539. The van der Waals surface area contributed by atoms with Crippen molar-refractivity contribution in [2.45, 2.75) is 18.6 Å². The highest BCUT2D eigenvalue weighted by Crippen LogP contribution is 2.23. The summed E-state index contributed by atoms with van der Waals surface area (Å²) in [6.45, 7) is 1.83. The molecule has 2 rings (SSSR count). The number of carbonyl (C=O) groups excluding carboxylic acids is 2. The van der Waals surface area contributed by atoms with Crippen LogP contribution in [0.25, 0.3) is 0 Å². The molecule has 1 saturated heterocycles. The van der Waals surface area contributed by atoms with Crippen LogP contribution in [0.1, 0.15) is 18.9 Å². The standard InChI is InChI=1S/C13H12ClN3O2S/c1-8(9-5-3-2-4-6-9)16-17-13-15-12(19)10(20-13)7-11(14)18/h2-6,10H,7H2,1H3,(H,15,17,19). The smallest absolute Gasteiger partial charge is 0.240 e. The van der Waals surface area contributed by atoms with Crippen molar-refractivity contribution in [3.05, 3.63) is 35.9 Å². The molecule has 20 heavy (non-hydrogen) atoms. The van der Waals surface area contributed by atoms with Gasteiger partial charge in [-0.2, -0.15) is 5.10 Å². The third-order valence-electron chi connectivity index (χ3n) is 2.60. The van der Waals surface area contributed by atoms with Crippen molar-refractivity contribution in [1.82, 2.24) is 5.32 Å². The summed E-state index contributed by atoms with van der Waals surface area (Å²) >= 11 is 6.44. The van der Waals surface area contributed by atoms with E-state index in [-0.39, 0.29) is 12.3 Å². The molecular formula is C13H12ClN3O2S. The Morgan fingerprint density at radius 3 is 2.75 bits per heavy atom. The highest BCUT2D eigenvalue weighted by molar-refractivity contribution is 8.15. The van der Waals surface area contributed by atoms with Gasteiger partial charge in [0.2, 0.25) is 11.1 Å². The van der Waals surface area contributed by atoms with Gasteiger partial charge in [0, 0.05) is 6.42 Å². The summed E-state index contributed by atoms with van der Waals surface area (Å²) in [6.07, 6.45) is -0.0154. The van der Waals surface area contributed by atoms with E-state index in [0.717, 1.165) is 23.0 Å². The average Bonchev–Trinajstić information content (AvgIpc) is 2.77. The second kappa shape index (κ2) is 6.67. The molecule has 0 radical (unpaired) electrons. The number of nitrogens with zero attached hydrogens (tertiary/aromatic N) is 2. The highest BCUT2D eigenvalue weighted by atomic mass is 35.5. The molecule has 0 aromatic heterocycles. The first-order valence-electron chi connectivity index (χ1n) is 5.90. The molecule has 1 aromatic carbocycles. The van der Waals surface area contributed by atoms with Crippen molar-refractivity contribution in [3.8, 4) is 0 Å². The minimum absolute atomic E-state index is 0.0154. The van der Waals surface area contributed by atoms with Gasteiger partial charge in [0.05, 0.1) is 11.0 Å². The van der Waals surface area contributed by atoms with E-state index in [1.165, 1.54) is 0 Å². The van der Waals surface area contributed by atoms with Crippen LogP contribution in [0.2, 0.25) is 0 Å². The zero-order valence-corrected chi connectivity index (χ0v) is 12.2. The fraction of sp³-hybridized carbons (Fsp3) is 0.231. The Morgan fingerprint density at radius 1 is 1.40 bits per heavy atom. The highest BCUT2D eigenvalue weighted by Gasteiger charge is 2.31. The van der Waals surface area contributed by atoms with E-state index < -0.39 is 10.5 Å². The molecule has 1 aliphatic heterocycles. The van der Waals surface area contributed by atoms with Gasteiger partial charge in [-0.15, -0.1) is 5.10 Å². The third kappa shape index (κ3) is 3.91. The molecule has 1 heterocycles. The summed E-state index contributed by atoms with van der Waals surface area (Å²) < 4.78 is 0. The number of halogens is 1. The molecule has 0 spiro atoms. The van der Waals surface area contributed by atoms with Gasteiger partial charge in [-0.25, -0.2) is 0 Å². The van der Waals surface area contributed by atoms with E-state index in [1.807, 2.05) is 37.3 Å². The number of hydrogen-bond donors (Lipinski definition) is 1. The van der Waals surface area contributed by atoms with Crippen LogP contribution in [0.4, 0.5) is 0 Å². The molecule has 1 amide bonds. The van der Waals surface area contributed by atoms with Gasteiger partial charge in [-0.3, -0.25) is 9.59 Å². The van der Waals surface area contributed by atoms with Crippen molar-refractivity contribution in [3.63, 3.8) is 0 Å². The van der Waals surface area contributed by atoms with Crippen molar-refractivity contribution < 1.29 is 9.59 Å². The fourth-order valence-corrected chi connectivity index (χ4v) is 2.75. The zero-order chi connectivity index (χ0) is 14.5. The molecular weight excluding hydrogens is 298 g/mol. The van der Waals surface area contributed by atoms with Crippen LogP contribution in [0.3, 0.4) is 0 Å². The first kappa shape index (κ1) is 14.7. The molecule has 1 unspecified atom stereocenters. The molecule has 7 heteroatoms. The predicted molar refractivity (Wildman–Crippen MR) is 81.1 cm³/mol. The Balaban J connectivity index is 2.06. The zero-order valence-electron chi connectivity index (χ0n) is 10.7. The molecule has 1 aromatic rings. The second-order valence-electron chi connectivity index (χ2n) is 4.11. The number of amides is 1. The lowest BCUT2D eigenvalue weighted by atomic mass is 10.1. The normalized spacial score (nSPS) is 21.1. The quantitative estimate of drug-likeness (QED) is 0.526. The topological polar surface area (TPSA) is 70.9 Å². The van der Waals surface area contributed by atoms with E-state index in [2.05, 4.69) is 15.5 Å². The number of amidine groups is 1. The summed E-state index contributed by atoms with van der Waals surface area (Å²) in [5, 5.41) is 9.96. The number of carbonyl (C=O) groups is 2. The van der Waals surface area contributed by atoms with Crippen molar-refractivity contribution >= 4 is 45.4 Å². The summed E-state index contributed by atoms with van der Waals surface area (Å²) in [5.74, 6) is -0.268. The third-order valence-corrected chi connectivity index (χ3v) is 3.83. The van der Waals surface area contributed by atoms with Crippen LogP contribution in [-0.4, -0.2) is 27.3 Å². The monoisotopic (exact) mass is 309 g/mol. The van der Waals surface area contributed by atoms with Crippen LogP contribution in [0, 0.1) is 0 Å². The fourth-order valence-electron chi connectivity index (χ4n) is 1.59. The van der Waals surface area contributed by atoms with Gasteiger partial charge >= 0.3 is 0 Å². The minimum Gasteiger partial charge on any atom is -0.303 e. The molecule has 0 aliphatic carbocycles. The number of rotatable bonds is 4. The number of benzene rings is 1. The van der Waals surface area contributed by atoms with Gasteiger partial charge in [0.1, 0.15) is 0 Å². The summed E-state index contributed by atoms with van der Waals surface area (Å²) in [5.41, 5.74) is 1.70. The van der Waals surface area contributed by atoms with Gasteiger partial charge in [0.15, 0.2) is 5.17 Å². The van der Waals surface area contributed by atoms with Crippen LogP contribution in [-0.2, 0) is 9.59 Å². The van der Waals surface area contributed by atoms with Crippen LogP contribution >= 0.6 is 23.4 Å². The Bertz CT molecular complexity index is 587. The van der Waals surface area contributed by atoms with Crippen molar-refractivity contribution in [1.29, 1.82) is 0 Å². The van der Waals surface area contributed by atoms with Gasteiger partial charge in [-0.05, 0) is 24.1 Å². The summed E-state index contributed by atoms with van der Waals surface area (Å²) in [4.78, 5) is 22.4. The van der Waals surface area contributed by atoms with Crippen LogP contribution < -0.4 is 5.32 Å². The Labute approximate surface area is 125 Å². The SMILES string of the molecule is CC(=NN=C1NC(=O)C(CC(=O)Cl)S1)c1ccccc1. The number of nitrogens with one attached hydrogen (secondary N) is 1. The van der Waals surface area contributed by atoms with E-state index in [9.17, 15) is 9.59 Å². The lowest BCUT2D eigenvalue weighted by Gasteiger charge is -1.98. The van der Waals surface area contributed by atoms with Crippen molar-refractivity contribution in [2.75, 3.05) is 0 Å². The second-order valence-corrected chi connectivity index (χ2v) is 5.72. The number of hydrogen-bond acceptors (Lipinski definition) is 5. The molecule has 0 bridgehead atoms. The largest absolute Gasteiger partial charge is 0.303 e. The van der Waals surface area contributed by atoms with E-state index >= 15 is 0 Å². The first-order chi connectivity index (χ1) is 9.56. The lowest BCUT2D eigenvalue weighted by molar-refractivity contribution is -0.121. The maximum absolute atomic E-state index is 11.6. The predicted octanol–water partition coefficient (Wildman–Crippen LogP) is 2.15. The maximum Gasteiger partial charge on any atom is 0.240 e. The molecule has 104 valence electrons. The average molecular weight is 310 g/mol. The van der Waals surface area contributed by atoms with E-state index in [1.54, 1.807) is 0 Å². The molecule has 1 N–H and O–H groups in total. The summed E-state index contributed by atoms with van der Waals surface area (Å²) in [6, 6.07) is 9.59. The maximum atomic E-state index is 11.6. The summed E-state index contributed by atoms with van der Waals surface area (Å²) in [7, 11) is 0. The van der Waals surface area contributed by atoms with Gasteiger partial charge in [0.25, 0.3) is 0 Å². The van der Waals surface area contributed by atoms with Gasteiger partial charge in [-0.1, -0.05) is 42.1 Å². The molecule has 1 fully saturated rings. The lowest BCUT2D eigenvalue weighted by Crippen LogP contribution is -2.25. The van der Waals surface area contributed by atoms with Crippen LogP contribution in [0.5, 0.6) is 0 Å².